The van der Waals surface area contributed by atoms with Crippen molar-refractivity contribution in [3.05, 3.63) is 65.2 Å². The molecule has 0 aliphatic rings. The van der Waals surface area contributed by atoms with Gasteiger partial charge in [0.2, 0.25) is 0 Å². The standard InChI is InChI=1S/C16H16F3NO/c1-11(20)14-7-2-3-8-15(14)21-10-12-5-4-6-13(9-12)16(17,18)19/h2-9,11H,10,20H2,1H3. The number of rotatable bonds is 4. The Morgan fingerprint density at radius 3 is 2.48 bits per heavy atom. The third-order valence-corrected chi connectivity index (χ3v) is 3.06. The Hall–Kier alpha value is -2.01. The molecule has 112 valence electrons. The summed E-state index contributed by atoms with van der Waals surface area (Å²) in [6.07, 6.45) is -4.35. The summed E-state index contributed by atoms with van der Waals surface area (Å²) in [4.78, 5) is 0. The summed E-state index contributed by atoms with van der Waals surface area (Å²) in [5, 5.41) is 0. The number of nitrogens with two attached hydrogens (primary N) is 1. The predicted octanol–water partition coefficient (Wildman–Crippen LogP) is 4.30. The first-order chi connectivity index (χ1) is 9.88. The molecular formula is C16H16F3NO. The maximum Gasteiger partial charge on any atom is 0.416 e. The maximum absolute atomic E-state index is 12.6. The SMILES string of the molecule is CC(N)c1ccccc1OCc1cccc(C(F)(F)F)c1. The summed E-state index contributed by atoms with van der Waals surface area (Å²) in [6, 6.07) is 12.1. The molecule has 5 heteroatoms. The smallest absolute Gasteiger partial charge is 0.416 e. The molecule has 0 radical (unpaired) electrons. The molecule has 0 bridgehead atoms. The van der Waals surface area contributed by atoms with Gasteiger partial charge in [0, 0.05) is 11.6 Å². The van der Waals surface area contributed by atoms with E-state index in [1.165, 1.54) is 6.07 Å². The number of ether oxygens (including phenoxy) is 1. The quantitative estimate of drug-likeness (QED) is 0.912. The minimum Gasteiger partial charge on any atom is -0.489 e. The summed E-state index contributed by atoms with van der Waals surface area (Å²) in [5.74, 6) is 0.588. The van der Waals surface area contributed by atoms with Crippen LogP contribution in [0.25, 0.3) is 0 Å². The van der Waals surface area contributed by atoms with Crippen molar-refractivity contribution in [1.29, 1.82) is 0 Å². The second-order valence-corrected chi connectivity index (χ2v) is 4.81. The minimum atomic E-state index is -4.35. The van der Waals surface area contributed by atoms with Crippen molar-refractivity contribution < 1.29 is 17.9 Å². The second kappa shape index (κ2) is 6.18. The molecule has 1 atom stereocenters. The molecule has 2 N–H and O–H groups in total. The van der Waals surface area contributed by atoms with E-state index < -0.39 is 11.7 Å². The van der Waals surface area contributed by atoms with Crippen LogP contribution in [0.3, 0.4) is 0 Å². The van der Waals surface area contributed by atoms with E-state index in [-0.39, 0.29) is 12.6 Å². The number of benzene rings is 2. The zero-order valence-electron chi connectivity index (χ0n) is 11.5. The summed E-state index contributed by atoms with van der Waals surface area (Å²) < 4.78 is 43.5. The first-order valence-corrected chi connectivity index (χ1v) is 6.51. The van der Waals surface area contributed by atoms with Crippen molar-refractivity contribution in [2.75, 3.05) is 0 Å². The highest BCUT2D eigenvalue weighted by Crippen LogP contribution is 2.30. The lowest BCUT2D eigenvalue weighted by atomic mass is 10.1. The van der Waals surface area contributed by atoms with Gasteiger partial charge in [0.25, 0.3) is 0 Å². The second-order valence-electron chi connectivity index (χ2n) is 4.81. The molecule has 0 spiro atoms. The van der Waals surface area contributed by atoms with Crippen molar-refractivity contribution in [2.24, 2.45) is 5.73 Å². The zero-order valence-corrected chi connectivity index (χ0v) is 11.5. The average Bonchev–Trinajstić information content (AvgIpc) is 2.45. The average molecular weight is 295 g/mol. The molecule has 2 rings (SSSR count). The van der Waals surface area contributed by atoms with Gasteiger partial charge in [-0.15, -0.1) is 0 Å². The fourth-order valence-corrected chi connectivity index (χ4v) is 1.99. The van der Waals surface area contributed by atoms with E-state index >= 15 is 0 Å². The molecule has 2 aromatic carbocycles. The van der Waals surface area contributed by atoms with Crippen molar-refractivity contribution in [3.63, 3.8) is 0 Å². The molecule has 0 saturated heterocycles. The van der Waals surface area contributed by atoms with Crippen LogP contribution < -0.4 is 10.5 Å². The molecule has 2 aromatic rings. The lowest BCUT2D eigenvalue weighted by Crippen LogP contribution is -2.09. The van der Waals surface area contributed by atoms with Gasteiger partial charge in [-0.05, 0) is 30.7 Å². The first kappa shape index (κ1) is 15.4. The van der Waals surface area contributed by atoms with Gasteiger partial charge in [-0.25, -0.2) is 0 Å². The largest absolute Gasteiger partial charge is 0.489 e. The van der Waals surface area contributed by atoms with Gasteiger partial charge in [-0.1, -0.05) is 30.3 Å². The van der Waals surface area contributed by atoms with Gasteiger partial charge < -0.3 is 10.5 Å². The Labute approximate surface area is 121 Å². The number of alkyl halides is 3. The molecule has 0 aliphatic carbocycles. The van der Waals surface area contributed by atoms with E-state index in [9.17, 15) is 13.2 Å². The van der Waals surface area contributed by atoms with Crippen molar-refractivity contribution >= 4 is 0 Å². The fraction of sp³-hybridized carbons (Fsp3) is 0.250. The van der Waals surface area contributed by atoms with Gasteiger partial charge in [0.05, 0.1) is 5.56 Å². The Morgan fingerprint density at radius 2 is 1.81 bits per heavy atom. The molecule has 0 aliphatic heterocycles. The van der Waals surface area contributed by atoms with Crippen LogP contribution in [0.4, 0.5) is 13.2 Å². The third kappa shape index (κ3) is 3.98. The minimum absolute atomic E-state index is 0.0631. The molecule has 0 amide bonds. The van der Waals surface area contributed by atoms with Crippen LogP contribution in [-0.2, 0) is 12.8 Å². The highest BCUT2D eigenvalue weighted by molar-refractivity contribution is 5.36. The third-order valence-electron chi connectivity index (χ3n) is 3.06. The van der Waals surface area contributed by atoms with E-state index in [2.05, 4.69) is 0 Å². The number of hydrogen-bond acceptors (Lipinski definition) is 2. The van der Waals surface area contributed by atoms with Crippen LogP contribution in [0.15, 0.2) is 48.5 Å². The summed E-state index contributed by atoms with van der Waals surface area (Å²) in [5.41, 5.74) is 6.45. The molecule has 2 nitrogen and oxygen atoms in total. The maximum atomic E-state index is 12.6. The lowest BCUT2D eigenvalue weighted by molar-refractivity contribution is -0.137. The molecule has 0 saturated carbocycles. The van der Waals surface area contributed by atoms with E-state index in [4.69, 9.17) is 10.5 Å². The van der Waals surface area contributed by atoms with E-state index in [1.54, 1.807) is 18.2 Å². The number of hydrogen-bond donors (Lipinski definition) is 1. The summed E-state index contributed by atoms with van der Waals surface area (Å²) in [6.45, 7) is 1.89. The molecule has 0 aromatic heterocycles. The number of halogens is 3. The first-order valence-electron chi connectivity index (χ1n) is 6.51. The molecule has 0 fully saturated rings. The molecule has 1 unspecified atom stereocenters. The van der Waals surface area contributed by atoms with Gasteiger partial charge in [-0.2, -0.15) is 13.2 Å². The molecule has 21 heavy (non-hydrogen) atoms. The van der Waals surface area contributed by atoms with Gasteiger partial charge in [-0.3, -0.25) is 0 Å². The van der Waals surface area contributed by atoms with Crippen molar-refractivity contribution in [2.45, 2.75) is 25.7 Å². The topological polar surface area (TPSA) is 35.2 Å². The van der Waals surface area contributed by atoms with Crippen molar-refractivity contribution in [1.82, 2.24) is 0 Å². The van der Waals surface area contributed by atoms with Crippen LogP contribution in [0.1, 0.15) is 29.7 Å². The Balaban J connectivity index is 2.14. The summed E-state index contributed by atoms with van der Waals surface area (Å²) in [7, 11) is 0. The van der Waals surface area contributed by atoms with E-state index in [0.717, 1.165) is 17.7 Å². The van der Waals surface area contributed by atoms with Crippen molar-refractivity contribution in [3.8, 4) is 5.75 Å². The Kier molecular flexibility index (Phi) is 4.53. The highest BCUT2D eigenvalue weighted by Gasteiger charge is 2.30. The van der Waals surface area contributed by atoms with Crippen LogP contribution in [0.2, 0.25) is 0 Å². The normalized spacial score (nSPS) is 13.0. The predicted molar refractivity (Wildman–Crippen MR) is 74.8 cm³/mol. The van der Waals surface area contributed by atoms with E-state index in [1.807, 2.05) is 19.1 Å². The van der Waals surface area contributed by atoms with E-state index in [0.29, 0.717) is 11.3 Å². The van der Waals surface area contributed by atoms with Crippen LogP contribution in [-0.4, -0.2) is 0 Å². The van der Waals surface area contributed by atoms with Crippen LogP contribution >= 0.6 is 0 Å². The number of para-hydroxylation sites is 1. The van der Waals surface area contributed by atoms with Crippen LogP contribution in [0, 0.1) is 0 Å². The van der Waals surface area contributed by atoms with Crippen LogP contribution in [0.5, 0.6) is 5.75 Å². The van der Waals surface area contributed by atoms with Gasteiger partial charge in [0.1, 0.15) is 12.4 Å². The molecule has 0 heterocycles. The Morgan fingerprint density at radius 1 is 1.10 bits per heavy atom. The molecular weight excluding hydrogens is 279 g/mol. The summed E-state index contributed by atoms with van der Waals surface area (Å²) >= 11 is 0. The highest BCUT2D eigenvalue weighted by atomic mass is 19.4. The van der Waals surface area contributed by atoms with Gasteiger partial charge >= 0.3 is 6.18 Å². The monoisotopic (exact) mass is 295 g/mol. The lowest BCUT2D eigenvalue weighted by Gasteiger charge is -2.14. The Bertz CT molecular complexity index is 608. The fourth-order valence-electron chi connectivity index (χ4n) is 1.99. The van der Waals surface area contributed by atoms with Gasteiger partial charge in [0.15, 0.2) is 0 Å². The zero-order chi connectivity index (χ0) is 15.5.